The van der Waals surface area contributed by atoms with Crippen LogP contribution >= 0.6 is 0 Å². The van der Waals surface area contributed by atoms with Gasteiger partial charge in [-0.3, -0.25) is 4.79 Å². The number of hydrogen-bond acceptors (Lipinski definition) is 2. The summed E-state index contributed by atoms with van der Waals surface area (Å²) >= 11 is 0. The Morgan fingerprint density at radius 2 is 2.06 bits per heavy atom. The van der Waals surface area contributed by atoms with Gasteiger partial charge in [0.2, 0.25) is 0 Å². The van der Waals surface area contributed by atoms with Gasteiger partial charge in [-0.1, -0.05) is 31.9 Å². The largest absolute Gasteiger partial charge is 0.368 e. The van der Waals surface area contributed by atoms with E-state index in [9.17, 15) is 4.79 Å². The summed E-state index contributed by atoms with van der Waals surface area (Å²) in [6.45, 7) is 5.00. The van der Waals surface area contributed by atoms with Gasteiger partial charge in [0.25, 0.3) is 0 Å². The van der Waals surface area contributed by atoms with Crippen molar-refractivity contribution in [2.45, 2.75) is 52.0 Å². The Kier molecular flexibility index (Phi) is 4.40. The van der Waals surface area contributed by atoms with E-state index in [1.54, 1.807) is 6.92 Å². The number of carbonyl (C=O) groups is 1. The number of nitrogens with zero attached hydrogens (tertiary/aromatic N) is 1. The van der Waals surface area contributed by atoms with Crippen molar-refractivity contribution in [2.75, 3.05) is 11.4 Å². The fourth-order valence-electron chi connectivity index (χ4n) is 2.94. The highest BCUT2D eigenvalue weighted by atomic mass is 16.1. The third-order valence-corrected chi connectivity index (χ3v) is 3.94. The van der Waals surface area contributed by atoms with Gasteiger partial charge >= 0.3 is 0 Å². The minimum atomic E-state index is 0.171. The van der Waals surface area contributed by atoms with E-state index in [-0.39, 0.29) is 5.78 Å². The summed E-state index contributed by atoms with van der Waals surface area (Å²) in [5.74, 6) is 0.171. The Morgan fingerprint density at radius 3 is 2.78 bits per heavy atom. The summed E-state index contributed by atoms with van der Waals surface area (Å²) in [6.07, 6.45) is 6.28. The number of Topliss-reactive ketones (excluding diaryl/α,β-unsaturated/α-hetero) is 1. The molecular weight excluding hydrogens is 222 g/mol. The highest BCUT2D eigenvalue weighted by Crippen LogP contribution is 2.28. The molecule has 1 aromatic carbocycles. The lowest BCUT2D eigenvalue weighted by molar-refractivity contribution is 0.101. The smallest absolute Gasteiger partial charge is 0.161 e. The predicted octanol–water partition coefficient (Wildman–Crippen LogP) is 4.05. The quantitative estimate of drug-likeness (QED) is 0.749. The number of para-hydroxylation sites is 1. The third-order valence-electron chi connectivity index (χ3n) is 3.94. The summed E-state index contributed by atoms with van der Waals surface area (Å²) in [5.41, 5.74) is 2.01. The van der Waals surface area contributed by atoms with E-state index in [2.05, 4.69) is 17.9 Å². The first-order valence-electron chi connectivity index (χ1n) is 7.10. The van der Waals surface area contributed by atoms with Crippen molar-refractivity contribution >= 4 is 11.5 Å². The molecule has 0 aliphatic carbocycles. The zero-order valence-corrected chi connectivity index (χ0v) is 11.5. The maximum Gasteiger partial charge on any atom is 0.161 e. The average Bonchev–Trinajstić information content (AvgIpc) is 2.63. The van der Waals surface area contributed by atoms with E-state index in [0.29, 0.717) is 6.04 Å². The topological polar surface area (TPSA) is 20.3 Å². The van der Waals surface area contributed by atoms with Crippen LogP contribution in [0.1, 0.15) is 56.3 Å². The van der Waals surface area contributed by atoms with Gasteiger partial charge in [0, 0.05) is 23.8 Å². The Bertz CT molecular complexity index is 413. The molecule has 0 amide bonds. The van der Waals surface area contributed by atoms with E-state index in [1.807, 2.05) is 18.2 Å². The Balaban J connectivity index is 2.35. The first-order chi connectivity index (χ1) is 8.74. The molecule has 1 aromatic rings. The van der Waals surface area contributed by atoms with E-state index >= 15 is 0 Å². The molecule has 1 atom stereocenters. The third kappa shape index (κ3) is 2.74. The molecule has 1 aliphatic heterocycles. The van der Waals surface area contributed by atoms with Crippen LogP contribution in [-0.2, 0) is 0 Å². The molecule has 0 bridgehead atoms. The predicted molar refractivity (Wildman–Crippen MR) is 76.3 cm³/mol. The van der Waals surface area contributed by atoms with Gasteiger partial charge < -0.3 is 4.90 Å². The van der Waals surface area contributed by atoms with E-state index in [1.165, 1.54) is 25.7 Å². The number of hydrogen-bond donors (Lipinski definition) is 0. The Hall–Kier alpha value is -1.31. The van der Waals surface area contributed by atoms with Crippen LogP contribution in [0, 0.1) is 0 Å². The summed E-state index contributed by atoms with van der Waals surface area (Å²) in [5, 5.41) is 0. The average molecular weight is 245 g/mol. The van der Waals surface area contributed by atoms with Crippen LogP contribution < -0.4 is 4.90 Å². The van der Waals surface area contributed by atoms with E-state index in [0.717, 1.165) is 24.2 Å². The molecule has 0 aromatic heterocycles. The maximum absolute atomic E-state index is 11.8. The van der Waals surface area contributed by atoms with Gasteiger partial charge in [-0.2, -0.15) is 0 Å². The molecule has 1 aliphatic rings. The number of rotatable bonds is 3. The van der Waals surface area contributed by atoms with Crippen LogP contribution in [-0.4, -0.2) is 18.4 Å². The molecule has 0 spiro atoms. The minimum Gasteiger partial charge on any atom is -0.368 e. The fourth-order valence-corrected chi connectivity index (χ4v) is 2.94. The normalized spacial score (nSPS) is 20.6. The molecule has 0 radical (unpaired) electrons. The van der Waals surface area contributed by atoms with Gasteiger partial charge in [0.15, 0.2) is 5.78 Å². The van der Waals surface area contributed by atoms with Crippen molar-refractivity contribution in [3.63, 3.8) is 0 Å². The summed E-state index contributed by atoms with van der Waals surface area (Å²) in [7, 11) is 0. The fraction of sp³-hybridized carbons (Fsp3) is 0.562. The summed E-state index contributed by atoms with van der Waals surface area (Å²) < 4.78 is 0. The SMILES string of the molecule is CCC1CCCCCN1c1ccccc1C(C)=O. The van der Waals surface area contributed by atoms with Crippen LogP contribution in [0.2, 0.25) is 0 Å². The first kappa shape index (κ1) is 13.1. The lowest BCUT2D eigenvalue weighted by Gasteiger charge is -2.32. The number of anilines is 1. The lowest BCUT2D eigenvalue weighted by atomic mass is 10.0. The van der Waals surface area contributed by atoms with Gasteiger partial charge in [0.05, 0.1) is 0 Å². The second-order valence-corrected chi connectivity index (χ2v) is 5.18. The molecule has 1 fully saturated rings. The van der Waals surface area contributed by atoms with Crippen molar-refractivity contribution in [1.29, 1.82) is 0 Å². The molecule has 1 unspecified atom stereocenters. The highest BCUT2D eigenvalue weighted by Gasteiger charge is 2.22. The van der Waals surface area contributed by atoms with Gasteiger partial charge in [0.1, 0.15) is 0 Å². The molecule has 0 saturated carbocycles. The maximum atomic E-state index is 11.8. The molecule has 2 heteroatoms. The minimum absolute atomic E-state index is 0.171. The van der Waals surface area contributed by atoms with Gasteiger partial charge in [-0.15, -0.1) is 0 Å². The van der Waals surface area contributed by atoms with Crippen molar-refractivity contribution in [3.05, 3.63) is 29.8 Å². The molecule has 0 N–H and O–H groups in total. The monoisotopic (exact) mass is 245 g/mol. The van der Waals surface area contributed by atoms with Crippen molar-refractivity contribution < 1.29 is 4.79 Å². The molecule has 1 heterocycles. The van der Waals surface area contributed by atoms with Crippen LogP contribution in [0.3, 0.4) is 0 Å². The zero-order valence-electron chi connectivity index (χ0n) is 11.5. The zero-order chi connectivity index (χ0) is 13.0. The molecule has 18 heavy (non-hydrogen) atoms. The summed E-state index contributed by atoms with van der Waals surface area (Å²) in [6, 6.07) is 8.64. The molecule has 1 saturated heterocycles. The van der Waals surface area contributed by atoms with E-state index in [4.69, 9.17) is 0 Å². The van der Waals surface area contributed by atoms with Crippen molar-refractivity contribution in [2.24, 2.45) is 0 Å². The Morgan fingerprint density at radius 1 is 1.28 bits per heavy atom. The highest BCUT2D eigenvalue weighted by molar-refractivity contribution is 5.99. The van der Waals surface area contributed by atoms with Gasteiger partial charge in [-0.05, 0) is 38.3 Å². The van der Waals surface area contributed by atoms with Crippen molar-refractivity contribution in [1.82, 2.24) is 0 Å². The molecule has 2 nitrogen and oxygen atoms in total. The Labute approximate surface area is 110 Å². The van der Waals surface area contributed by atoms with Crippen LogP contribution in [0.4, 0.5) is 5.69 Å². The van der Waals surface area contributed by atoms with Crippen LogP contribution in [0.15, 0.2) is 24.3 Å². The standard InChI is InChI=1S/C16H23NO/c1-3-14-9-5-4-8-12-17(14)16-11-7-6-10-15(16)13(2)18/h6-7,10-11,14H,3-5,8-9,12H2,1-2H3. The van der Waals surface area contributed by atoms with Crippen LogP contribution in [0.5, 0.6) is 0 Å². The summed E-state index contributed by atoms with van der Waals surface area (Å²) in [4.78, 5) is 14.2. The van der Waals surface area contributed by atoms with Crippen molar-refractivity contribution in [3.8, 4) is 0 Å². The molecule has 98 valence electrons. The molecule has 2 rings (SSSR count). The van der Waals surface area contributed by atoms with Crippen LogP contribution in [0.25, 0.3) is 0 Å². The lowest BCUT2D eigenvalue weighted by Crippen LogP contribution is -2.35. The second kappa shape index (κ2) is 6.03. The number of carbonyl (C=O) groups excluding carboxylic acids is 1. The van der Waals surface area contributed by atoms with Gasteiger partial charge in [-0.25, -0.2) is 0 Å². The van der Waals surface area contributed by atoms with E-state index < -0.39 is 0 Å². The second-order valence-electron chi connectivity index (χ2n) is 5.18. The molecular formula is C16H23NO. The number of benzene rings is 1. The number of ketones is 1. The first-order valence-corrected chi connectivity index (χ1v) is 7.10.